The molecule has 0 aromatic rings. The van der Waals surface area contributed by atoms with Gasteiger partial charge in [-0.15, -0.1) is 0 Å². The first-order chi connectivity index (χ1) is 20.6. The van der Waals surface area contributed by atoms with Gasteiger partial charge in [-0.1, -0.05) is 64.5 Å². The Morgan fingerprint density at radius 1 is 0.814 bits per heavy atom. The van der Waals surface area contributed by atoms with Crippen LogP contribution in [0.1, 0.15) is 71.6 Å². The molecule has 0 aromatic carbocycles. The molecule has 14 nitrogen and oxygen atoms in total. The largest absolute Gasteiger partial charge is 0.394 e. The van der Waals surface area contributed by atoms with Crippen LogP contribution in [-0.4, -0.2) is 140 Å². The molecule has 0 saturated carbocycles. The van der Waals surface area contributed by atoms with Crippen molar-refractivity contribution in [3.8, 4) is 0 Å². The van der Waals surface area contributed by atoms with E-state index in [0.717, 1.165) is 44.9 Å². The van der Waals surface area contributed by atoms with E-state index in [1.165, 1.54) is 0 Å². The van der Waals surface area contributed by atoms with E-state index in [4.69, 9.17) is 18.9 Å². The summed E-state index contributed by atoms with van der Waals surface area (Å²) in [6.45, 7) is 2.44. The Labute approximate surface area is 253 Å². The highest BCUT2D eigenvalue weighted by molar-refractivity contribution is 5.76. The molecule has 0 aromatic heterocycles. The van der Waals surface area contributed by atoms with Gasteiger partial charge in [-0.2, -0.15) is 0 Å². The number of hydrogen-bond donors (Lipinski definition) is 9. The lowest BCUT2D eigenvalue weighted by Gasteiger charge is -2.46. The van der Waals surface area contributed by atoms with Crippen molar-refractivity contribution in [1.82, 2.24) is 5.32 Å². The van der Waals surface area contributed by atoms with Gasteiger partial charge in [-0.3, -0.25) is 4.79 Å². The molecule has 0 aliphatic carbocycles. The Bertz CT molecular complexity index is 800. The molecule has 12 atom stereocenters. The van der Waals surface area contributed by atoms with Crippen molar-refractivity contribution in [1.29, 1.82) is 0 Å². The highest BCUT2D eigenvalue weighted by Gasteiger charge is 2.50. The Kier molecular flexibility index (Phi) is 17.6. The van der Waals surface area contributed by atoms with Gasteiger partial charge < -0.3 is 65.1 Å². The van der Waals surface area contributed by atoms with Crippen LogP contribution in [0.3, 0.4) is 0 Å². The van der Waals surface area contributed by atoms with E-state index in [1.807, 2.05) is 13.0 Å². The number of amides is 1. The molecule has 2 rings (SSSR count). The highest BCUT2D eigenvalue weighted by atomic mass is 16.7. The normalized spacial score (nSPS) is 34.7. The number of nitrogens with one attached hydrogen (secondary N) is 1. The molecule has 0 radical (unpaired) electrons. The Hall–Kier alpha value is -1.27. The minimum absolute atomic E-state index is 0.266. The third-order valence-corrected chi connectivity index (χ3v) is 7.72. The number of hydrogen-bond acceptors (Lipinski definition) is 13. The Morgan fingerprint density at radius 2 is 1.44 bits per heavy atom. The number of carbonyl (C=O) groups excluding carboxylic acids is 1. The first kappa shape index (κ1) is 37.9. The predicted octanol–water partition coefficient (Wildman–Crippen LogP) is -1.42. The molecular weight excluding hydrogens is 570 g/mol. The van der Waals surface area contributed by atoms with Gasteiger partial charge in [0, 0.05) is 6.42 Å². The van der Waals surface area contributed by atoms with Crippen LogP contribution < -0.4 is 5.32 Å². The van der Waals surface area contributed by atoms with Crippen LogP contribution in [-0.2, 0) is 23.7 Å². The first-order valence-electron chi connectivity index (χ1n) is 15.4. The summed E-state index contributed by atoms with van der Waals surface area (Å²) in [6, 6.07) is -0.898. The molecule has 2 heterocycles. The summed E-state index contributed by atoms with van der Waals surface area (Å²) in [5, 5.41) is 84.8. The Morgan fingerprint density at radius 3 is 2.09 bits per heavy atom. The smallest absolute Gasteiger partial charge is 0.220 e. The average Bonchev–Trinajstić information content (AvgIpc) is 3.00. The van der Waals surface area contributed by atoms with Crippen molar-refractivity contribution in [2.24, 2.45) is 0 Å². The van der Waals surface area contributed by atoms with Crippen molar-refractivity contribution in [2.75, 3.05) is 19.8 Å². The number of unbranched alkanes of at least 4 members (excludes halogenated alkanes) is 6. The first-order valence-corrected chi connectivity index (χ1v) is 15.4. The molecule has 252 valence electrons. The van der Waals surface area contributed by atoms with Gasteiger partial charge >= 0.3 is 0 Å². The number of carbonyl (C=O) groups is 1. The number of aliphatic hydroxyl groups excluding tert-OH is 8. The van der Waals surface area contributed by atoms with Crippen LogP contribution in [0, 0.1) is 0 Å². The van der Waals surface area contributed by atoms with E-state index in [9.17, 15) is 45.6 Å². The fourth-order valence-corrected chi connectivity index (χ4v) is 4.98. The molecule has 2 saturated heterocycles. The van der Waals surface area contributed by atoms with Crippen molar-refractivity contribution < 1.29 is 64.6 Å². The average molecular weight is 624 g/mol. The maximum atomic E-state index is 12.6. The maximum absolute atomic E-state index is 12.6. The van der Waals surface area contributed by atoms with E-state index in [1.54, 1.807) is 6.08 Å². The van der Waals surface area contributed by atoms with Gasteiger partial charge in [0.2, 0.25) is 5.91 Å². The molecular formula is C29H53NO13. The van der Waals surface area contributed by atoms with Crippen LogP contribution in [0.15, 0.2) is 12.2 Å². The molecule has 12 unspecified atom stereocenters. The van der Waals surface area contributed by atoms with Crippen LogP contribution in [0.25, 0.3) is 0 Å². The zero-order chi connectivity index (χ0) is 31.9. The monoisotopic (exact) mass is 623 g/mol. The minimum atomic E-state index is -1.78. The predicted molar refractivity (Wildman–Crippen MR) is 152 cm³/mol. The topological polar surface area (TPSA) is 228 Å². The molecule has 43 heavy (non-hydrogen) atoms. The second-order valence-corrected chi connectivity index (χ2v) is 11.2. The van der Waals surface area contributed by atoms with Crippen molar-refractivity contribution in [2.45, 2.75) is 145 Å². The van der Waals surface area contributed by atoms with Crippen LogP contribution >= 0.6 is 0 Å². The second-order valence-electron chi connectivity index (χ2n) is 11.2. The van der Waals surface area contributed by atoms with Gasteiger partial charge in [0.25, 0.3) is 0 Å². The van der Waals surface area contributed by atoms with E-state index >= 15 is 0 Å². The number of ether oxygens (including phenoxy) is 4. The molecule has 0 bridgehead atoms. The third kappa shape index (κ3) is 11.6. The van der Waals surface area contributed by atoms with Crippen LogP contribution in [0.4, 0.5) is 0 Å². The summed E-state index contributed by atoms with van der Waals surface area (Å²) in [4.78, 5) is 12.6. The molecule has 0 spiro atoms. The standard InChI is InChI=1S/C29H53NO13/c1-3-5-7-9-11-13-21(34)30-17(18(33)12-10-8-6-4-2)16-40-28-26(39)24(37)27(20(15-32)42-28)43-29-25(38)23(36)22(35)19(14-31)41-29/h10,12,17-20,22-29,31-33,35-39H,3-9,11,13-16H2,1-2H3,(H,30,34)/b12-10+. The number of rotatable bonds is 19. The lowest BCUT2D eigenvalue weighted by atomic mass is 9.97. The zero-order valence-electron chi connectivity index (χ0n) is 25.2. The Balaban J connectivity index is 2.05. The zero-order valence-corrected chi connectivity index (χ0v) is 25.2. The van der Waals surface area contributed by atoms with Crippen LogP contribution in [0.5, 0.6) is 0 Å². The number of allylic oxidation sites excluding steroid dienone is 1. The molecule has 1 amide bonds. The van der Waals surface area contributed by atoms with E-state index < -0.39 is 86.8 Å². The van der Waals surface area contributed by atoms with Crippen molar-refractivity contribution in [3.63, 3.8) is 0 Å². The molecule has 14 heteroatoms. The van der Waals surface area contributed by atoms with Crippen molar-refractivity contribution in [3.05, 3.63) is 12.2 Å². The fourth-order valence-electron chi connectivity index (χ4n) is 4.98. The summed E-state index contributed by atoms with van der Waals surface area (Å²) in [7, 11) is 0. The highest BCUT2D eigenvalue weighted by Crippen LogP contribution is 2.29. The SMILES string of the molecule is CCCC/C=C/C(O)C(COC1OC(CO)C(OC2OC(CO)C(O)C(O)C2O)C(O)C1O)NC(=O)CCCCCCC. The van der Waals surface area contributed by atoms with Gasteiger partial charge in [0.1, 0.15) is 48.8 Å². The van der Waals surface area contributed by atoms with E-state index in [-0.39, 0.29) is 18.9 Å². The van der Waals surface area contributed by atoms with Gasteiger partial charge in [-0.25, -0.2) is 0 Å². The van der Waals surface area contributed by atoms with E-state index in [2.05, 4.69) is 12.2 Å². The quantitative estimate of drug-likeness (QED) is 0.0595. The maximum Gasteiger partial charge on any atom is 0.220 e. The van der Waals surface area contributed by atoms with Gasteiger partial charge in [-0.05, 0) is 12.8 Å². The molecule has 9 N–H and O–H groups in total. The fraction of sp³-hybridized carbons (Fsp3) is 0.897. The molecule has 2 aliphatic heterocycles. The summed E-state index contributed by atoms with van der Waals surface area (Å²) in [6.07, 6.45) is -5.76. The minimum Gasteiger partial charge on any atom is -0.394 e. The lowest BCUT2D eigenvalue weighted by molar-refractivity contribution is -0.359. The summed E-state index contributed by atoms with van der Waals surface area (Å²) < 4.78 is 22.2. The summed E-state index contributed by atoms with van der Waals surface area (Å²) in [5.41, 5.74) is 0. The second kappa shape index (κ2) is 20.0. The number of aliphatic hydroxyl groups is 8. The molecule has 2 fully saturated rings. The summed E-state index contributed by atoms with van der Waals surface area (Å²) >= 11 is 0. The van der Waals surface area contributed by atoms with Gasteiger partial charge in [0.15, 0.2) is 12.6 Å². The summed E-state index contributed by atoms with van der Waals surface area (Å²) in [5.74, 6) is -0.266. The lowest BCUT2D eigenvalue weighted by Crippen LogP contribution is -2.65. The van der Waals surface area contributed by atoms with Gasteiger partial charge in [0.05, 0.1) is 32.0 Å². The molecule has 2 aliphatic rings. The third-order valence-electron chi connectivity index (χ3n) is 7.72. The van der Waals surface area contributed by atoms with Crippen molar-refractivity contribution >= 4 is 5.91 Å². The van der Waals surface area contributed by atoms with E-state index in [0.29, 0.717) is 6.42 Å². The van der Waals surface area contributed by atoms with Crippen LogP contribution in [0.2, 0.25) is 0 Å².